The molecule has 2 amide bonds. The molecule has 10 nitrogen and oxygen atoms in total. The summed E-state index contributed by atoms with van der Waals surface area (Å²) in [6.07, 6.45) is 1.77. The number of hydrogen-bond acceptors (Lipinski definition) is 7. The molecule has 1 unspecified atom stereocenters. The number of hydrazone groups is 1. The van der Waals surface area contributed by atoms with Crippen LogP contribution in [0, 0.1) is 5.41 Å². The van der Waals surface area contributed by atoms with E-state index >= 15 is 0 Å². The molecule has 4 rings (SSSR count). The average molecular weight is 485 g/mol. The van der Waals surface area contributed by atoms with Gasteiger partial charge in [-0.25, -0.2) is 5.01 Å². The van der Waals surface area contributed by atoms with Crippen LogP contribution < -0.4 is 9.47 Å². The van der Waals surface area contributed by atoms with Gasteiger partial charge < -0.3 is 24.6 Å². The fourth-order valence-corrected chi connectivity index (χ4v) is 4.75. The van der Waals surface area contributed by atoms with E-state index in [2.05, 4.69) is 0 Å². The molecule has 188 valence electrons. The van der Waals surface area contributed by atoms with Crippen LogP contribution in [0.25, 0.3) is 0 Å². The lowest BCUT2D eigenvalue weighted by atomic mass is 9.79. The van der Waals surface area contributed by atoms with Crippen LogP contribution in [0.4, 0.5) is 0 Å². The molecule has 2 aromatic rings. The van der Waals surface area contributed by atoms with Crippen molar-refractivity contribution in [2.75, 3.05) is 27.3 Å². The molecule has 0 radical (unpaired) electrons. The molecule has 2 N–H and O–H groups in total. The van der Waals surface area contributed by atoms with E-state index in [1.165, 1.54) is 12.1 Å². The van der Waals surface area contributed by atoms with E-state index in [0.29, 0.717) is 49.6 Å². The zero-order valence-electron chi connectivity index (χ0n) is 20.5. The van der Waals surface area contributed by atoms with Gasteiger partial charge >= 0.3 is 0 Å². The highest BCUT2D eigenvalue weighted by molar-refractivity contribution is 6.19. The first-order valence-electron chi connectivity index (χ1n) is 11.7. The maximum atomic E-state index is 13.5. The number of hydrogen-bond donors (Lipinski definition) is 2. The Morgan fingerprint density at radius 1 is 1.09 bits per heavy atom. The number of aromatic nitrogens is 1. The minimum absolute atomic E-state index is 0.0447. The lowest BCUT2D eigenvalue weighted by molar-refractivity contribution is -0.140. The number of carbonyl (C=O) groups excluding carboxylic acids is 2. The molecule has 2 aliphatic heterocycles. The molecule has 0 bridgehead atoms. The maximum absolute atomic E-state index is 13.5. The van der Waals surface area contributed by atoms with Gasteiger partial charge in [-0.1, -0.05) is 6.92 Å². The van der Waals surface area contributed by atoms with Gasteiger partial charge in [-0.05, 0) is 44.4 Å². The molecule has 1 aromatic heterocycles. The standard InChI is InChI=1S/C25H32N4O6/c1-5-25(2)23(16-6-7-18(34-3)19(14-16)35-4)26-29(24(25)33)17-10-12-27(13-11-17)22(32)15-28-20(30)8-9-21(28)31/h6-9,14,17,30-31H,5,10-13,15H2,1-4H3. The topological polar surface area (TPSA) is 117 Å². The highest BCUT2D eigenvalue weighted by Gasteiger charge is 2.49. The molecule has 0 saturated carbocycles. The Balaban J connectivity index is 1.50. The van der Waals surface area contributed by atoms with Crippen molar-refractivity contribution in [1.82, 2.24) is 14.5 Å². The van der Waals surface area contributed by atoms with E-state index in [0.717, 1.165) is 10.1 Å². The fraction of sp³-hybridized carbons (Fsp3) is 0.480. The fourth-order valence-electron chi connectivity index (χ4n) is 4.75. The molecule has 2 aliphatic rings. The first kappa shape index (κ1) is 24.4. The van der Waals surface area contributed by atoms with E-state index in [9.17, 15) is 19.8 Å². The number of amides is 2. The number of ether oxygens (including phenoxy) is 2. The lowest BCUT2D eigenvalue weighted by Crippen LogP contribution is -2.48. The first-order valence-corrected chi connectivity index (χ1v) is 11.7. The third-order valence-electron chi connectivity index (χ3n) is 7.17. The summed E-state index contributed by atoms with van der Waals surface area (Å²) < 4.78 is 11.9. The largest absolute Gasteiger partial charge is 0.494 e. The van der Waals surface area contributed by atoms with Crippen molar-refractivity contribution in [2.45, 2.75) is 45.7 Å². The number of benzene rings is 1. The molecule has 0 aliphatic carbocycles. The Morgan fingerprint density at radius 2 is 1.71 bits per heavy atom. The Bertz CT molecular complexity index is 1130. The summed E-state index contributed by atoms with van der Waals surface area (Å²) >= 11 is 0. The molecule has 1 fully saturated rings. The van der Waals surface area contributed by atoms with E-state index < -0.39 is 5.41 Å². The third-order valence-corrected chi connectivity index (χ3v) is 7.17. The molecule has 10 heteroatoms. The minimum atomic E-state index is -0.768. The van der Waals surface area contributed by atoms with Gasteiger partial charge in [0.2, 0.25) is 5.91 Å². The number of methoxy groups -OCH3 is 2. The zero-order chi connectivity index (χ0) is 25.3. The molecule has 1 aromatic carbocycles. The summed E-state index contributed by atoms with van der Waals surface area (Å²) in [4.78, 5) is 27.9. The summed E-state index contributed by atoms with van der Waals surface area (Å²) in [6.45, 7) is 4.67. The van der Waals surface area contributed by atoms with Crippen molar-refractivity contribution in [1.29, 1.82) is 0 Å². The Morgan fingerprint density at radius 3 is 2.29 bits per heavy atom. The summed E-state index contributed by atoms with van der Waals surface area (Å²) in [5, 5.41) is 26.0. The number of rotatable bonds is 7. The number of nitrogens with zero attached hydrogens (tertiary/aromatic N) is 4. The van der Waals surface area contributed by atoms with Crippen LogP contribution in [0.2, 0.25) is 0 Å². The smallest absolute Gasteiger partial charge is 0.254 e. The highest BCUT2D eigenvalue weighted by atomic mass is 16.5. The summed E-state index contributed by atoms with van der Waals surface area (Å²) in [5.74, 6) is 0.606. The van der Waals surface area contributed by atoms with Crippen molar-refractivity contribution in [3.05, 3.63) is 35.9 Å². The molecule has 0 spiro atoms. The van der Waals surface area contributed by atoms with Gasteiger partial charge in [0, 0.05) is 30.8 Å². The van der Waals surface area contributed by atoms with Gasteiger partial charge in [-0.3, -0.25) is 14.2 Å². The van der Waals surface area contributed by atoms with Crippen molar-refractivity contribution in [2.24, 2.45) is 10.5 Å². The third kappa shape index (κ3) is 4.28. The van der Waals surface area contributed by atoms with Crippen LogP contribution in [0.15, 0.2) is 35.4 Å². The normalized spacial score (nSPS) is 20.8. The molecular formula is C25H32N4O6. The maximum Gasteiger partial charge on any atom is 0.254 e. The molecule has 1 saturated heterocycles. The second kappa shape index (κ2) is 9.52. The van der Waals surface area contributed by atoms with Gasteiger partial charge in [0.25, 0.3) is 5.91 Å². The first-order chi connectivity index (χ1) is 16.7. The predicted molar refractivity (Wildman–Crippen MR) is 129 cm³/mol. The molecule has 1 atom stereocenters. The van der Waals surface area contributed by atoms with Crippen molar-refractivity contribution in [3.8, 4) is 23.3 Å². The second-order valence-corrected chi connectivity index (χ2v) is 9.10. The SMILES string of the molecule is CCC1(C)C(=O)N(C2CCN(C(=O)Cn3c(O)ccc3O)CC2)N=C1c1ccc(OC)c(OC)c1. The van der Waals surface area contributed by atoms with Gasteiger partial charge in [-0.2, -0.15) is 5.10 Å². The number of likely N-dealkylation sites (tertiary alicyclic amines) is 1. The Kier molecular flexibility index (Phi) is 6.64. The van der Waals surface area contributed by atoms with Crippen molar-refractivity contribution in [3.63, 3.8) is 0 Å². The van der Waals surface area contributed by atoms with E-state index in [-0.39, 0.29) is 36.2 Å². The van der Waals surface area contributed by atoms with Gasteiger partial charge in [0.15, 0.2) is 23.3 Å². The van der Waals surface area contributed by atoms with E-state index in [1.54, 1.807) is 24.1 Å². The van der Waals surface area contributed by atoms with Gasteiger partial charge in [-0.15, -0.1) is 0 Å². The summed E-state index contributed by atoms with van der Waals surface area (Å²) in [7, 11) is 3.15. The zero-order valence-corrected chi connectivity index (χ0v) is 20.5. The quantitative estimate of drug-likeness (QED) is 0.624. The second-order valence-electron chi connectivity index (χ2n) is 9.10. The molecule has 3 heterocycles. The number of carbonyl (C=O) groups is 2. The summed E-state index contributed by atoms with van der Waals surface area (Å²) in [6, 6.07) is 8.10. The number of aromatic hydroxyl groups is 2. The van der Waals surface area contributed by atoms with Crippen LogP contribution >= 0.6 is 0 Å². The van der Waals surface area contributed by atoms with Crippen LogP contribution in [0.1, 0.15) is 38.7 Å². The van der Waals surface area contributed by atoms with Gasteiger partial charge in [0.1, 0.15) is 6.54 Å². The van der Waals surface area contributed by atoms with Gasteiger partial charge in [0.05, 0.1) is 31.4 Å². The van der Waals surface area contributed by atoms with Crippen LogP contribution in [0.3, 0.4) is 0 Å². The monoisotopic (exact) mass is 484 g/mol. The Hall–Kier alpha value is -3.69. The molecular weight excluding hydrogens is 452 g/mol. The van der Waals surface area contributed by atoms with E-state index in [4.69, 9.17) is 14.6 Å². The van der Waals surface area contributed by atoms with Crippen LogP contribution in [-0.4, -0.2) is 75.6 Å². The Labute approximate surface area is 204 Å². The number of piperidine rings is 1. The lowest BCUT2D eigenvalue weighted by Gasteiger charge is -2.36. The van der Waals surface area contributed by atoms with Crippen molar-refractivity contribution >= 4 is 17.5 Å². The predicted octanol–water partition coefficient (Wildman–Crippen LogP) is 2.57. The van der Waals surface area contributed by atoms with E-state index in [1.807, 2.05) is 32.0 Å². The minimum Gasteiger partial charge on any atom is -0.494 e. The average Bonchev–Trinajstić information content (AvgIpc) is 3.34. The van der Waals surface area contributed by atoms with Crippen molar-refractivity contribution < 1.29 is 29.3 Å². The van der Waals surface area contributed by atoms with Crippen LogP contribution in [0.5, 0.6) is 23.3 Å². The van der Waals surface area contributed by atoms with Crippen LogP contribution in [-0.2, 0) is 16.1 Å². The highest BCUT2D eigenvalue weighted by Crippen LogP contribution is 2.40. The summed E-state index contributed by atoms with van der Waals surface area (Å²) in [5.41, 5.74) is 0.737. The molecule has 35 heavy (non-hydrogen) atoms.